The SMILES string of the molecule is CCN(C(=O)N[C@@H](CC(C)C)C(=O)O)c1ccccc1. The maximum Gasteiger partial charge on any atom is 0.326 e. The van der Waals surface area contributed by atoms with E-state index in [-0.39, 0.29) is 11.9 Å². The van der Waals surface area contributed by atoms with Crippen LogP contribution in [0.5, 0.6) is 0 Å². The lowest BCUT2D eigenvalue weighted by Crippen LogP contribution is -2.48. The summed E-state index contributed by atoms with van der Waals surface area (Å²) in [6, 6.07) is 7.95. The van der Waals surface area contributed by atoms with E-state index >= 15 is 0 Å². The summed E-state index contributed by atoms with van der Waals surface area (Å²) in [5.41, 5.74) is 0.751. The third kappa shape index (κ3) is 4.57. The number of nitrogens with zero attached hydrogens (tertiary/aromatic N) is 1. The van der Waals surface area contributed by atoms with E-state index in [1.165, 1.54) is 4.90 Å². The molecule has 1 aromatic rings. The molecule has 2 amide bonds. The van der Waals surface area contributed by atoms with E-state index in [2.05, 4.69) is 5.32 Å². The van der Waals surface area contributed by atoms with Gasteiger partial charge in [-0.3, -0.25) is 4.90 Å². The highest BCUT2D eigenvalue weighted by Gasteiger charge is 2.23. The number of hydrogen-bond acceptors (Lipinski definition) is 2. The number of aliphatic carboxylic acids is 1. The quantitative estimate of drug-likeness (QED) is 0.840. The van der Waals surface area contributed by atoms with Crippen molar-refractivity contribution in [2.24, 2.45) is 5.92 Å². The molecule has 2 N–H and O–H groups in total. The molecule has 0 bridgehead atoms. The number of carboxylic acids is 1. The van der Waals surface area contributed by atoms with Crippen LogP contribution in [0.2, 0.25) is 0 Å². The highest BCUT2D eigenvalue weighted by atomic mass is 16.4. The van der Waals surface area contributed by atoms with Gasteiger partial charge in [0.2, 0.25) is 0 Å². The second-order valence-electron chi connectivity index (χ2n) is 5.05. The largest absolute Gasteiger partial charge is 0.480 e. The molecule has 0 heterocycles. The standard InChI is InChI=1S/C15H22N2O3/c1-4-17(12-8-6-5-7-9-12)15(20)16-13(14(18)19)10-11(2)3/h5-9,11,13H,4,10H2,1-3H3,(H,16,20)(H,18,19)/t13-/m0/s1. The molecule has 1 aromatic carbocycles. The zero-order chi connectivity index (χ0) is 15.1. The van der Waals surface area contributed by atoms with E-state index < -0.39 is 12.0 Å². The number of carbonyl (C=O) groups excluding carboxylic acids is 1. The van der Waals surface area contributed by atoms with Crippen LogP contribution in [0.25, 0.3) is 0 Å². The first kappa shape index (κ1) is 16.0. The molecule has 1 rings (SSSR count). The Hall–Kier alpha value is -2.04. The Balaban J connectivity index is 2.78. The number of amides is 2. The number of benzene rings is 1. The fourth-order valence-electron chi connectivity index (χ4n) is 1.97. The maximum absolute atomic E-state index is 12.2. The van der Waals surface area contributed by atoms with Gasteiger partial charge in [0, 0.05) is 12.2 Å². The zero-order valence-electron chi connectivity index (χ0n) is 12.2. The number of para-hydroxylation sites is 1. The number of anilines is 1. The summed E-state index contributed by atoms with van der Waals surface area (Å²) in [5.74, 6) is -0.806. The number of hydrogen-bond donors (Lipinski definition) is 2. The van der Waals surface area contributed by atoms with E-state index in [4.69, 9.17) is 5.11 Å². The Morgan fingerprint density at radius 2 is 1.85 bits per heavy atom. The molecule has 0 aliphatic heterocycles. The fraction of sp³-hybridized carbons (Fsp3) is 0.467. The minimum atomic E-state index is -1.00. The average molecular weight is 278 g/mol. The molecule has 0 radical (unpaired) electrons. The first-order chi connectivity index (χ1) is 9.45. The van der Waals surface area contributed by atoms with Crippen LogP contribution in [0.15, 0.2) is 30.3 Å². The number of carboxylic acid groups (broad SMARTS) is 1. The van der Waals surface area contributed by atoms with Crippen molar-refractivity contribution >= 4 is 17.7 Å². The molecule has 0 saturated heterocycles. The van der Waals surface area contributed by atoms with Gasteiger partial charge in [-0.1, -0.05) is 32.0 Å². The third-order valence-corrected chi connectivity index (χ3v) is 2.93. The molecule has 0 aliphatic carbocycles. The highest BCUT2D eigenvalue weighted by molar-refractivity contribution is 5.94. The molecule has 5 nitrogen and oxygen atoms in total. The van der Waals surface area contributed by atoms with Gasteiger partial charge in [-0.25, -0.2) is 9.59 Å². The van der Waals surface area contributed by atoms with Gasteiger partial charge < -0.3 is 10.4 Å². The summed E-state index contributed by atoms with van der Waals surface area (Å²) in [4.78, 5) is 24.9. The molecular weight excluding hydrogens is 256 g/mol. The van der Waals surface area contributed by atoms with Crippen LogP contribution in [0.4, 0.5) is 10.5 Å². The second-order valence-corrected chi connectivity index (χ2v) is 5.05. The first-order valence-corrected chi connectivity index (χ1v) is 6.81. The topological polar surface area (TPSA) is 69.6 Å². The minimum Gasteiger partial charge on any atom is -0.480 e. The van der Waals surface area contributed by atoms with Crippen molar-refractivity contribution in [3.63, 3.8) is 0 Å². The van der Waals surface area contributed by atoms with E-state index in [1.807, 2.05) is 51.1 Å². The molecule has 110 valence electrons. The molecule has 20 heavy (non-hydrogen) atoms. The van der Waals surface area contributed by atoms with Crippen molar-refractivity contribution in [2.45, 2.75) is 33.2 Å². The Morgan fingerprint density at radius 1 is 1.25 bits per heavy atom. The van der Waals surface area contributed by atoms with Gasteiger partial charge in [0.25, 0.3) is 0 Å². The van der Waals surface area contributed by atoms with Gasteiger partial charge in [0.15, 0.2) is 0 Å². The number of urea groups is 1. The normalized spacial score (nSPS) is 12.0. The molecule has 0 aromatic heterocycles. The number of rotatable bonds is 6. The van der Waals surface area contributed by atoms with Gasteiger partial charge in [-0.15, -0.1) is 0 Å². The summed E-state index contributed by atoms with van der Waals surface area (Å²) in [5, 5.41) is 11.7. The van der Waals surface area contributed by atoms with Crippen molar-refractivity contribution in [1.29, 1.82) is 0 Å². The van der Waals surface area contributed by atoms with Crippen molar-refractivity contribution in [3.8, 4) is 0 Å². The molecule has 0 unspecified atom stereocenters. The Bertz CT molecular complexity index is 446. The molecule has 5 heteroatoms. The summed E-state index contributed by atoms with van der Waals surface area (Å²) < 4.78 is 0. The highest BCUT2D eigenvalue weighted by Crippen LogP contribution is 2.14. The Morgan fingerprint density at radius 3 is 2.30 bits per heavy atom. The smallest absolute Gasteiger partial charge is 0.326 e. The molecule has 0 aliphatic rings. The lowest BCUT2D eigenvalue weighted by molar-refractivity contribution is -0.139. The van der Waals surface area contributed by atoms with Crippen LogP contribution in [0.1, 0.15) is 27.2 Å². The summed E-state index contributed by atoms with van der Waals surface area (Å²) in [7, 11) is 0. The van der Waals surface area contributed by atoms with Crippen LogP contribution < -0.4 is 10.2 Å². The lowest BCUT2D eigenvalue weighted by Gasteiger charge is -2.24. The summed E-state index contributed by atoms with van der Waals surface area (Å²) in [6.07, 6.45) is 0.410. The van der Waals surface area contributed by atoms with Crippen LogP contribution >= 0.6 is 0 Å². The van der Waals surface area contributed by atoms with E-state index in [0.717, 1.165) is 5.69 Å². The molecule has 0 fully saturated rings. The molecular formula is C15H22N2O3. The average Bonchev–Trinajstić information content (AvgIpc) is 2.39. The molecule has 0 spiro atoms. The van der Waals surface area contributed by atoms with Crippen LogP contribution in [0.3, 0.4) is 0 Å². The zero-order valence-corrected chi connectivity index (χ0v) is 12.2. The second kappa shape index (κ2) is 7.53. The monoisotopic (exact) mass is 278 g/mol. The molecule has 0 saturated carbocycles. The summed E-state index contributed by atoms with van der Waals surface area (Å²) >= 11 is 0. The van der Waals surface area contributed by atoms with Gasteiger partial charge >= 0.3 is 12.0 Å². The number of carbonyl (C=O) groups is 2. The first-order valence-electron chi connectivity index (χ1n) is 6.81. The van der Waals surface area contributed by atoms with Gasteiger partial charge in [0.1, 0.15) is 6.04 Å². The van der Waals surface area contributed by atoms with Gasteiger partial charge in [0.05, 0.1) is 0 Å². The van der Waals surface area contributed by atoms with Gasteiger partial charge in [-0.05, 0) is 31.4 Å². The van der Waals surface area contributed by atoms with Crippen molar-refractivity contribution in [1.82, 2.24) is 5.32 Å². The van der Waals surface area contributed by atoms with Gasteiger partial charge in [-0.2, -0.15) is 0 Å². The van der Waals surface area contributed by atoms with Crippen LogP contribution in [0, 0.1) is 5.92 Å². The predicted octanol–water partition coefficient (Wildman–Crippen LogP) is 2.72. The van der Waals surface area contributed by atoms with Crippen molar-refractivity contribution < 1.29 is 14.7 Å². The Kier molecular flexibility index (Phi) is 6.03. The van der Waals surface area contributed by atoms with Crippen LogP contribution in [-0.4, -0.2) is 29.7 Å². The van der Waals surface area contributed by atoms with E-state index in [9.17, 15) is 9.59 Å². The van der Waals surface area contributed by atoms with Crippen molar-refractivity contribution in [3.05, 3.63) is 30.3 Å². The molecule has 1 atom stereocenters. The van der Waals surface area contributed by atoms with Crippen LogP contribution in [-0.2, 0) is 4.79 Å². The Labute approximate surface area is 119 Å². The number of nitrogens with one attached hydrogen (secondary N) is 1. The van der Waals surface area contributed by atoms with E-state index in [0.29, 0.717) is 13.0 Å². The third-order valence-electron chi connectivity index (χ3n) is 2.93. The maximum atomic E-state index is 12.2. The minimum absolute atomic E-state index is 0.197. The fourth-order valence-corrected chi connectivity index (χ4v) is 1.97. The van der Waals surface area contributed by atoms with Crippen molar-refractivity contribution in [2.75, 3.05) is 11.4 Å². The van der Waals surface area contributed by atoms with E-state index in [1.54, 1.807) is 0 Å². The predicted molar refractivity (Wildman–Crippen MR) is 78.9 cm³/mol. The summed E-state index contributed by atoms with van der Waals surface area (Å²) in [6.45, 7) is 6.18. The lowest BCUT2D eigenvalue weighted by atomic mass is 10.0.